The fourth-order valence-corrected chi connectivity index (χ4v) is 1.44. The van der Waals surface area contributed by atoms with Crippen LogP contribution in [0, 0.1) is 0 Å². The van der Waals surface area contributed by atoms with Crippen molar-refractivity contribution in [3.05, 3.63) is 0 Å². The Morgan fingerprint density at radius 3 is 2.55 bits per heavy atom. The standard InChI is InChI=1S/C7H12N2O2/c1-5(10)9-4-2-3-6(9)7(8)11/h6H,2-4H2,1H3,(H2,8,11). The van der Waals surface area contributed by atoms with E-state index in [-0.39, 0.29) is 11.9 Å². The van der Waals surface area contributed by atoms with Gasteiger partial charge in [0.15, 0.2) is 0 Å². The highest BCUT2D eigenvalue weighted by Crippen LogP contribution is 2.16. The van der Waals surface area contributed by atoms with E-state index in [1.807, 2.05) is 0 Å². The van der Waals surface area contributed by atoms with E-state index >= 15 is 0 Å². The third-order valence-electron chi connectivity index (χ3n) is 1.99. The summed E-state index contributed by atoms with van der Waals surface area (Å²) < 4.78 is 0. The summed E-state index contributed by atoms with van der Waals surface area (Å²) in [5.74, 6) is -0.455. The molecule has 0 spiro atoms. The molecular formula is C7H12N2O2. The number of carbonyl (C=O) groups excluding carboxylic acids is 2. The molecule has 0 radical (unpaired) electrons. The first-order chi connectivity index (χ1) is 5.13. The Hall–Kier alpha value is -1.06. The zero-order valence-corrected chi connectivity index (χ0v) is 6.54. The second-order valence-corrected chi connectivity index (χ2v) is 2.77. The van der Waals surface area contributed by atoms with Crippen molar-refractivity contribution in [3.8, 4) is 0 Å². The molecule has 62 valence electrons. The van der Waals surface area contributed by atoms with Crippen LogP contribution in [0.5, 0.6) is 0 Å². The van der Waals surface area contributed by atoms with Crippen molar-refractivity contribution in [2.75, 3.05) is 6.54 Å². The van der Waals surface area contributed by atoms with E-state index < -0.39 is 5.91 Å². The van der Waals surface area contributed by atoms with Crippen molar-refractivity contribution < 1.29 is 9.59 Å². The summed E-state index contributed by atoms with van der Waals surface area (Å²) in [6.45, 7) is 2.13. The Labute approximate surface area is 65.3 Å². The average molecular weight is 156 g/mol. The number of hydrogen-bond donors (Lipinski definition) is 1. The minimum Gasteiger partial charge on any atom is -0.368 e. The highest BCUT2D eigenvalue weighted by atomic mass is 16.2. The van der Waals surface area contributed by atoms with Gasteiger partial charge in [0.2, 0.25) is 11.8 Å². The number of nitrogens with zero attached hydrogens (tertiary/aromatic N) is 1. The van der Waals surface area contributed by atoms with Gasteiger partial charge in [-0.2, -0.15) is 0 Å². The predicted octanol–water partition coefficient (Wildman–Crippen LogP) is -0.517. The Morgan fingerprint density at radius 2 is 2.18 bits per heavy atom. The molecular weight excluding hydrogens is 144 g/mol. The molecule has 4 heteroatoms. The van der Waals surface area contributed by atoms with Crippen molar-refractivity contribution in [1.29, 1.82) is 0 Å². The quantitative estimate of drug-likeness (QED) is 0.555. The second-order valence-electron chi connectivity index (χ2n) is 2.77. The largest absolute Gasteiger partial charge is 0.368 e. The smallest absolute Gasteiger partial charge is 0.240 e. The zero-order valence-electron chi connectivity index (χ0n) is 6.54. The number of carbonyl (C=O) groups is 2. The molecule has 1 unspecified atom stereocenters. The van der Waals surface area contributed by atoms with Crippen LogP contribution in [0.15, 0.2) is 0 Å². The van der Waals surface area contributed by atoms with Gasteiger partial charge in [0.1, 0.15) is 6.04 Å². The fourth-order valence-electron chi connectivity index (χ4n) is 1.44. The van der Waals surface area contributed by atoms with Crippen LogP contribution in [-0.4, -0.2) is 29.3 Å². The number of amides is 2. The summed E-state index contributed by atoms with van der Waals surface area (Å²) in [6.07, 6.45) is 1.60. The molecule has 0 saturated carbocycles. The molecule has 0 aromatic rings. The van der Waals surface area contributed by atoms with Gasteiger partial charge >= 0.3 is 0 Å². The van der Waals surface area contributed by atoms with Gasteiger partial charge in [0, 0.05) is 13.5 Å². The van der Waals surface area contributed by atoms with E-state index in [0.29, 0.717) is 6.54 Å². The molecule has 11 heavy (non-hydrogen) atoms. The van der Waals surface area contributed by atoms with Crippen molar-refractivity contribution in [2.45, 2.75) is 25.8 Å². The number of rotatable bonds is 1. The summed E-state index contributed by atoms with van der Waals surface area (Å²) in [5.41, 5.74) is 5.09. The molecule has 2 amide bonds. The number of nitrogens with two attached hydrogens (primary N) is 1. The Morgan fingerprint density at radius 1 is 1.55 bits per heavy atom. The Bertz CT molecular complexity index is 171. The summed E-state index contributed by atoms with van der Waals surface area (Å²) in [4.78, 5) is 23.2. The van der Waals surface area contributed by atoms with Gasteiger partial charge in [-0.15, -0.1) is 0 Å². The molecule has 1 atom stereocenters. The first-order valence-corrected chi connectivity index (χ1v) is 3.69. The third-order valence-corrected chi connectivity index (χ3v) is 1.99. The van der Waals surface area contributed by atoms with Crippen molar-refractivity contribution in [3.63, 3.8) is 0 Å². The number of primary amides is 1. The van der Waals surface area contributed by atoms with E-state index in [1.165, 1.54) is 11.8 Å². The minimum atomic E-state index is -0.391. The lowest BCUT2D eigenvalue weighted by atomic mass is 10.2. The summed E-state index contributed by atoms with van der Waals surface area (Å²) >= 11 is 0. The molecule has 1 rings (SSSR count). The number of likely N-dealkylation sites (tertiary alicyclic amines) is 1. The monoisotopic (exact) mass is 156 g/mol. The second kappa shape index (κ2) is 2.90. The van der Waals surface area contributed by atoms with Crippen LogP contribution < -0.4 is 5.73 Å². The lowest BCUT2D eigenvalue weighted by molar-refractivity contribution is -0.135. The van der Waals surface area contributed by atoms with Gasteiger partial charge in [-0.05, 0) is 12.8 Å². The predicted molar refractivity (Wildman–Crippen MR) is 39.6 cm³/mol. The minimum absolute atomic E-state index is 0.0636. The van der Waals surface area contributed by atoms with Crippen LogP contribution in [0.3, 0.4) is 0 Å². The highest BCUT2D eigenvalue weighted by molar-refractivity contribution is 5.86. The lowest BCUT2D eigenvalue weighted by Crippen LogP contribution is -2.42. The third kappa shape index (κ3) is 1.50. The van der Waals surface area contributed by atoms with Gasteiger partial charge in [-0.25, -0.2) is 0 Å². The van der Waals surface area contributed by atoms with Crippen LogP contribution in [0.4, 0.5) is 0 Å². The molecule has 0 aromatic carbocycles. The molecule has 1 saturated heterocycles. The van der Waals surface area contributed by atoms with Gasteiger partial charge in [-0.1, -0.05) is 0 Å². The normalized spacial score (nSPS) is 23.7. The van der Waals surface area contributed by atoms with Crippen molar-refractivity contribution in [1.82, 2.24) is 4.90 Å². The van der Waals surface area contributed by atoms with Crippen LogP contribution in [0.2, 0.25) is 0 Å². The van der Waals surface area contributed by atoms with Gasteiger partial charge in [0.05, 0.1) is 0 Å². The zero-order chi connectivity index (χ0) is 8.43. The lowest BCUT2D eigenvalue weighted by Gasteiger charge is -2.19. The maximum Gasteiger partial charge on any atom is 0.240 e. The molecule has 1 heterocycles. The first-order valence-electron chi connectivity index (χ1n) is 3.69. The summed E-state index contributed by atoms with van der Waals surface area (Å²) in [7, 11) is 0. The molecule has 1 fully saturated rings. The van der Waals surface area contributed by atoms with E-state index in [2.05, 4.69) is 0 Å². The molecule has 0 bridgehead atoms. The van der Waals surface area contributed by atoms with E-state index in [1.54, 1.807) is 0 Å². The van der Waals surface area contributed by atoms with E-state index in [9.17, 15) is 9.59 Å². The maximum atomic E-state index is 10.9. The van der Waals surface area contributed by atoms with E-state index in [0.717, 1.165) is 12.8 Å². The Kier molecular flexibility index (Phi) is 2.12. The SMILES string of the molecule is CC(=O)N1CCCC1C(N)=O. The first kappa shape index (κ1) is 8.04. The van der Waals surface area contributed by atoms with Crippen LogP contribution in [0.25, 0.3) is 0 Å². The molecule has 4 nitrogen and oxygen atoms in total. The van der Waals surface area contributed by atoms with Crippen molar-refractivity contribution >= 4 is 11.8 Å². The molecule has 2 N–H and O–H groups in total. The highest BCUT2D eigenvalue weighted by Gasteiger charge is 2.30. The maximum absolute atomic E-state index is 10.9. The van der Waals surface area contributed by atoms with Gasteiger partial charge in [0.25, 0.3) is 0 Å². The van der Waals surface area contributed by atoms with Crippen LogP contribution >= 0.6 is 0 Å². The van der Waals surface area contributed by atoms with E-state index in [4.69, 9.17) is 5.73 Å². The summed E-state index contributed by atoms with van der Waals surface area (Å²) in [5, 5.41) is 0. The molecule has 1 aliphatic rings. The molecule has 1 aliphatic heterocycles. The summed E-state index contributed by atoms with van der Waals surface area (Å²) in [6, 6.07) is -0.354. The van der Waals surface area contributed by atoms with Crippen molar-refractivity contribution in [2.24, 2.45) is 5.73 Å². The molecule has 0 aromatic heterocycles. The number of hydrogen-bond acceptors (Lipinski definition) is 2. The molecule has 0 aliphatic carbocycles. The Balaban J connectivity index is 2.65. The average Bonchev–Trinajstić information content (AvgIpc) is 2.32. The van der Waals surface area contributed by atoms with Crippen LogP contribution in [0.1, 0.15) is 19.8 Å². The van der Waals surface area contributed by atoms with Gasteiger partial charge < -0.3 is 10.6 Å². The fraction of sp³-hybridized carbons (Fsp3) is 0.714. The van der Waals surface area contributed by atoms with Crippen LogP contribution in [-0.2, 0) is 9.59 Å². The topological polar surface area (TPSA) is 63.4 Å². The van der Waals surface area contributed by atoms with Gasteiger partial charge in [-0.3, -0.25) is 9.59 Å².